The van der Waals surface area contributed by atoms with E-state index in [0.717, 1.165) is 4.47 Å². The molecule has 1 aliphatic heterocycles. The molecule has 0 atom stereocenters. The van der Waals surface area contributed by atoms with Gasteiger partial charge in [-0.25, -0.2) is 4.79 Å². The Morgan fingerprint density at radius 2 is 2.15 bits per heavy atom. The highest BCUT2D eigenvalue weighted by atomic mass is 79.9. The van der Waals surface area contributed by atoms with Crippen LogP contribution in [-0.4, -0.2) is 30.4 Å². The molecule has 102 valence electrons. The number of benzene rings is 1. The van der Waals surface area contributed by atoms with Gasteiger partial charge in [0.05, 0.1) is 17.9 Å². The zero-order valence-corrected chi connectivity index (χ0v) is 12.5. The van der Waals surface area contributed by atoms with Crippen molar-refractivity contribution in [2.24, 2.45) is 0 Å². The maximum atomic E-state index is 12.2. The van der Waals surface area contributed by atoms with E-state index in [1.54, 1.807) is 25.1 Å². The number of nitriles is 1. The van der Waals surface area contributed by atoms with E-state index in [-0.39, 0.29) is 18.1 Å². The van der Waals surface area contributed by atoms with Gasteiger partial charge in [-0.2, -0.15) is 5.26 Å². The monoisotopic (exact) mass is 334 g/mol. The lowest BCUT2D eigenvalue weighted by molar-refractivity contribution is -0.137. The largest absolute Gasteiger partial charge is 0.462 e. The summed E-state index contributed by atoms with van der Waals surface area (Å²) in [7, 11) is 1.53. The molecule has 0 saturated carbocycles. The van der Waals surface area contributed by atoms with Gasteiger partial charge >= 0.3 is 5.97 Å². The van der Waals surface area contributed by atoms with Crippen molar-refractivity contribution in [2.45, 2.75) is 6.92 Å². The summed E-state index contributed by atoms with van der Waals surface area (Å²) < 4.78 is 5.62. The molecule has 1 aromatic carbocycles. The van der Waals surface area contributed by atoms with Gasteiger partial charge < -0.3 is 9.64 Å². The highest BCUT2D eigenvalue weighted by Gasteiger charge is 2.34. The van der Waals surface area contributed by atoms with E-state index in [4.69, 9.17) is 4.74 Å². The highest BCUT2D eigenvalue weighted by Crippen LogP contribution is 2.35. The third-order valence-corrected chi connectivity index (χ3v) is 3.43. The van der Waals surface area contributed by atoms with Gasteiger partial charge in [-0.15, -0.1) is 0 Å². The molecule has 0 aliphatic carbocycles. The number of hydrogen-bond donors (Lipinski definition) is 0. The fourth-order valence-corrected chi connectivity index (χ4v) is 2.42. The molecule has 6 heteroatoms. The number of nitrogens with zero attached hydrogens (tertiary/aromatic N) is 2. The van der Waals surface area contributed by atoms with E-state index in [2.05, 4.69) is 15.9 Å². The predicted molar refractivity (Wildman–Crippen MR) is 75.4 cm³/mol. The van der Waals surface area contributed by atoms with Crippen LogP contribution in [0.4, 0.5) is 0 Å². The Hall–Kier alpha value is -2.13. The molecule has 1 aliphatic rings. The molecule has 0 saturated heterocycles. The number of hydrogen-bond acceptors (Lipinski definition) is 4. The molecule has 1 aromatic rings. The van der Waals surface area contributed by atoms with E-state index in [0.29, 0.717) is 16.8 Å². The van der Waals surface area contributed by atoms with Crippen molar-refractivity contribution >= 4 is 33.5 Å². The van der Waals surface area contributed by atoms with Crippen molar-refractivity contribution in [3.8, 4) is 6.07 Å². The van der Waals surface area contributed by atoms with E-state index in [1.807, 2.05) is 6.07 Å². The van der Waals surface area contributed by atoms with Gasteiger partial charge in [-0.1, -0.05) is 22.0 Å². The summed E-state index contributed by atoms with van der Waals surface area (Å²) in [5.41, 5.74) is 1.14. The Kier molecular flexibility index (Phi) is 3.91. The van der Waals surface area contributed by atoms with Crippen LogP contribution in [-0.2, 0) is 9.53 Å². The standard InChI is InChI=1S/C14H11BrN2O3/c1-3-20-14(19)11(7-16)12-9-5-4-8(15)6-10(9)13(18)17(12)2/h4-6H,3H2,1-2H3/b12-11-. The van der Waals surface area contributed by atoms with Gasteiger partial charge in [0, 0.05) is 17.1 Å². The summed E-state index contributed by atoms with van der Waals surface area (Å²) in [4.78, 5) is 25.3. The van der Waals surface area contributed by atoms with Crippen LogP contribution in [0, 0.1) is 11.3 Å². The molecular weight excluding hydrogens is 324 g/mol. The van der Waals surface area contributed by atoms with Crippen molar-refractivity contribution < 1.29 is 14.3 Å². The molecule has 0 bridgehead atoms. The summed E-state index contributed by atoms with van der Waals surface area (Å²) in [6.45, 7) is 1.83. The third kappa shape index (κ3) is 2.21. The normalized spacial score (nSPS) is 15.7. The zero-order valence-electron chi connectivity index (χ0n) is 10.9. The number of carbonyl (C=O) groups excluding carboxylic acids is 2. The Morgan fingerprint density at radius 1 is 1.45 bits per heavy atom. The first kappa shape index (κ1) is 14.3. The average Bonchev–Trinajstić information content (AvgIpc) is 2.65. The Labute approximate surface area is 124 Å². The molecule has 0 unspecified atom stereocenters. The van der Waals surface area contributed by atoms with Crippen molar-refractivity contribution in [1.29, 1.82) is 5.26 Å². The van der Waals surface area contributed by atoms with Crippen molar-refractivity contribution in [3.63, 3.8) is 0 Å². The van der Waals surface area contributed by atoms with Crippen LogP contribution >= 0.6 is 15.9 Å². The molecule has 0 radical (unpaired) electrons. The number of halogens is 1. The predicted octanol–water partition coefficient (Wildman–Crippen LogP) is 2.33. The number of ether oxygens (including phenoxy) is 1. The smallest absolute Gasteiger partial charge is 0.351 e. The first-order chi connectivity index (χ1) is 9.51. The third-order valence-electron chi connectivity index (χ3n) is 2.94. The van der Waals surface area contributed by atoms with Crippen LogP contribution in [0.5, 0.6) is 0 Å². The second kappa shape index (κ2) is 5.47. The van der Waals surface area contributed by atoms with Crippen LogP contribution in [0.2, 0.25) is 0 Å². The summed E-state index contributed by atoms with van der Waals surface area (Å²) in [5.74, 6) is -0.978. The van der Waals surface area contributed by atoms with E-state index < -0.39 is 5.97 Å². The van der Waals surface area contributed by atoms with Gasteiger partial charge in [0.25, 0.3) is 5.91 Å². The second-order valence-corrected chi connectivity index (χ2v) is 5.03. The fraction of sp³-hybridized carbons (Fsp3) is 0.214. The number of amides is 1. The molecule has 0 N–H and O–H groups in total. The molecule has 1 amide bonds. The van der Waals surface area contributed by atoms with Crippen molar-refractivity contribution in [1.82, 2.24) is 4.90 Å². The summed E-state index contributed by atoms with van der Waals surface area (Å²) in [6.07, 6.45) is 0. The van der Waals surface area contributed by atoms with Crippen LogP contribution in [0.3, 0.4) is 0 Å². The van der Waals surface area contributed by atoms with Crippen LogP contribution in [0.15, 0.2) is 28.2 Å². The molecule has 5 nitrogen and oxygen atoms in total. The molecule has 0 fully saturated rings. The summed E-state index contributed by atoms with van der Waals surface area (Å²) in [5, 5.41) is 9.21. The van der Waals surface area contributed by atoms with Crippen LogP contribution in [0.1, 0.15) is 22.8 Å². The van der Waals surface area contributed by atoms with Crippen LogP contribution < -0.4 is 0 Å². The average molecular weight is 335 g/mol. The maximum absolute atomic E-state index is 12.2. The lowest BCUT2D eigenvalue weighted by atomic mass is 10.1. The Morgan fingerprint density at radius 3 is 2.75 bits per heavy atom. The Balaban J connectivity index is 2.67. The second-order valence-electron chi connectivity index (χ2n) is 4.11. The van der Waals surface area contributed by atoms with Gasteiger partial charge in [0.1, 0.15) is 6.07 Å². The van der Waals surface area contributed by atoms with Gasteiger partial charge in [0.15, 0.2) is 5.57 Å². The van der Waals surface area contributed by atoms with E-state index >= 15 is 0 Å². The summed E-state index contributed by atoms with van der Waals surface area (Å²) in [6, 6.07) is 6.96. The fourth-order valence-electron chi connectivity index (χ4n) is 2.06. The lowest BCUT2D eigenvalue weighted by Gasteiger charge is -2.13. The molecule has 0 spiro atoms. The minimum atomic E-state index is -0.722. The van der Waals surface area contributed by atoms with Crippen LogP contribution in [0.25, 0.3) is 5.70 Å². The lowest BCUT2D eigenvalue weighted by Crippen LogP contribution is -2.20. The van der Waals surface area contributed by atoms with Gasteiger partial charge in [-0.05, 0) is 19.1 Å². The summed E-state index contributed by atoms with van der Waals surface area (Å²) >= 11 is 3.30. The topological polar surface area (TPSA) is 70.4 Å². The highest BCUT2D eigenvalue weighted by molar-refractivity contribution is 9.10. The number of fused-ring (bicyclic) bond motifs is 1. The minimum Gasteiger partial charge on any atom is -0.462 e. The van der Waals surface area contributed by atoms with E-state index in [9.17, 15) is 14.9 Å². The first-order valence-corrected chi connectivity index (χ1v) is 6.70. The molecule has 0 aromatic heterocycles. The maximum Gasteiger partial charge on any atom is 0.351 e. The van der Waals surface area contributed by atoms with Gasteiger partial charge in [0.2, 0.25) is 0 Å². The molecular formula is C14H11BrN2O3. The minimum absolute atomic E-state index is 0.163. The number of carbonyl (C=O) groups is 2. The molecule has 20 heavy (non-hydrogen) atoms. The first-order valence-electron chi connectivity index (χ1n) is 5.90. The quantitative estimate of drug-likeness (QED) is 0.472. The van der Waals surface area contributed by atoms with Gasteiger partial charge in [-0.3, -0.25) is 4.79 Å². The molecule has 2 rings (SSSR count). The molecule has 1 heterocycles. The van der Waals surface area contributed by atoms with E-state index in [1.165, 1.54) is 11.9 Å². The van der Waals surface area contributed by atoms with Crippen molar-refractivity contribution in [2.75, 3.05) is 13.7 Å². The number of esters is 1. The SMILES string of the molecule is CCOC(=O)/C(C#N)=C1/c2ccc(Br)cc2C(=O)N1C. The van der Waals surface area contributed by atoms with Crippen molar-refractivity contribution in [3.05, 3.63) is 39.4 Å². The Bertz CT molecular complexity index is 673. The number of rotatable bonds is 2. The zero-order chi connectivity index (χ0) is 14.9.